The fourth-order valence-electron chi connectivity index (χ4n) is 3.21. The Morgan fingerprint density at radius 3 is 2.83 bits per heavy atom. The number of azo groups is 1. The quantitative estimate of drug-likeness (QED) is 0.593. The van der Waals surface area contributed by atoms with Gasteiger partial charge in [0, 0.05) is 5.92 Å². The Kier molecular flexibility index (Phi) is 3.30. The van der Waals surface area contributed by atoms with Gasteiger partial charge in [-0.15, -0.1) is 10.2 Å². The highest BCUT2D eigenvalue weighted by atomic mass is 16.4. The van der Waals surface area contributed by atoms with Crippen LogP contribution in [-0.2, 0) is 4.79 Å². The van der Waals surface area contributed by atoms with Gasteiger partial charge in [0.15, 0.2) is 11.5 Å². The smallest absolute Gasteiger partial charge is 0.326 e. The molecule has 1 aliphatic heterocycles. The minimum absolute atomic E-state index is 0.142. The lowest BCUT2D eigenvalue weighted by Crippen LogP contribution is -2.44. The average Bonchev–Trinajstić information content (AvgIpc) is 3.17. The van der Waals surface area contributed by atoms with Crippen molar-refractivity contribution >= 4 is 23.2 Å². The molecule has 0 saturated heterocycles. The predicted molar refractivity (Wildman–Crippen MR) is 85.8 cm³/mol. The molecular formula is C16H15N5O3. The van der Waals surface area contributed by atoms with Crippen molar-refractivity contribution in [2.24, 2.45) is 16.1 Å². The van der Waals surface area contributed by atoms with E-state index in [9.17, 15) is 15.0 Å². The van der Waals surface area contributed by atoms with Crippen LogP contribution in [0, 0.1) is 5.92 Å². The van der Waals surface area contributed by atoms with Crippen LogP contribution in [-0.4, -0.2) is 32.0 Å². The van der Waals surface area contributed by atoms with E-state index in [0.29, 0.717) is 17.9 Å². The molecular weight excluding hydrogens is 310 g/mol. The molecule has 2 aliphatic rings. The molecule has 1 aliphatic carbocycles. The summed E-state index contributed by atoms with van der Waals surface area (Å²) in [6.45, 7) is 0. The third kappa shape index (κ3) is 2.23. The van der Waals surface area contributed by atoms with Crippen LogP contribution in [0.25, 0.3) is 0 Å². The van der Waals surface area contributed by atoms with Crippen molar-refractivity contribution in [1.82, 2.24) is 9.78 Å². The number of aromatic hydroxyl groups is 1. The van der Waals surface area contributed by atoms with Gasteiger partial charge in [0.2, 0.25) is 0 Å². The molecule has 0 amide bonds. The Bertz CT molecular complexity index is 843. The number of benzene rings is 1. The van der Waals surface area contributed by atoms with E-state index in [1.165, 1.54) is 0 Å². The lowest BCUT2D eigenvalue weighted by atomic mass is 9.91. The highest BCUT2D eigenvalue weighted by molar-refractivity contribution is 5.81. The molecule has 24 heavy (non-hydrogen) atoms. The summed E-state index contributed by atoms with van der Waals surface area (Å²) < 4.78 is 1.59. The molecule has 0 saturated carbocycles. The van der Waals surface area contributed by atoms with Crippen molar-refractivity contribution in [3.05, 3.63) is 42.5 Å². The van der Waals surface area contributed by atoms with Crippen molar-refractivity contribution < 1.29 is 15.0 Å². The fraction of sp³-hybridized carbons (Fsp3) is 0.250. The number of aromatic nitrogens is 2. The molecule has 3 atom stereocenters. The van der Waals surface area contributed by atoms with Crippen LogP contribution in [0.3, 0.4) is 0 Å². The summed E-state index contributed by atoms with van der Waals surface area (Å²) in [6, 6.07) is 8.10. The van der Waals surface area contributed by atoms with Crippen LogP contribution in [0.2, 0.25) is 0 Å². The van der Waals surface area contributed by atoms with Crippen molar-refractivity contribution in [1.29, 1.82) is 0 Å². The highest BCUT2D eigenvalue weighted by Crippen LogP contribution is 2.46. The summed E-state index contributed by atoms with van der Waals surface area (Å²) in [5.41, 5.74) is 0.768. The van der Waals surface area contributed by atoms with Crippen molar-refractivity contribution in [3.63, 3.8) is 0 Å². The number of nitrogens with one attached hydrogen (secondary N) is 1. The minimum Gasteiger partial charge on any atom is -0.491 e. The normalized spacial score (nSPS) is 24.6. The van der Waals surface area contributed by atoms with E-state index in [0.717, 1.165) is 0 Å². The van der Waals surface area contributed by atoms with Gasteiger partial charge in [-0.1, -0.05) is 30.4 Å². The number of carboxylic acid groups (broad SMARTS) is 1. The molecule has 1 aromatic carbocycles. The van der Waals surface area contributed by atoms with Gasteiger partial charge in [0.25, 0.3) is 5.88 Å². The van der Waals surface area contributed by atoms with E-state index in [1.54, 1.807) is 16.8 Å². The Morgan fingerprint density at radius 1 is 1.29 bits per heavy atom. The second-order valence-electron chi connectivity index (χ2n) is 5.78. The number of hydrogen-bond acceptors (Lipinski definition) is 6. The fourth-order valence-corrected chi connectivity index (χ4v) is 3.21. The summed E-state index contributed by atoms with van der Waals surface area (Å²) in [5.74, 6) is -0.991. The summed E-state index contributed by atoms with van der Waals surface area (Å²) in [4.78, 5) is 11.6. The van der Waals surface area contributed by atoms with E-state index in [4.69, 9.17) is 0 Å². The second kappa shape index (κ2) is 5.48. The largest absolute Gasteiger partial charge is 0.491 e. The monoisotopic (exact) mass is 325 g/mol. The maximum atomic E-state index is 11.6. The van der Waals surface area contributed by atoms with Crippen LogP contribution in [0.5, 0.6) is 5.88 Å². The third-order valence-corrected chi connectivity index (χ3v) is 4.34. The van der Waals surface area contributed by atoms with Crippen molar-refractivity contribution in [2.75, 3.05) is 5.32 Å². The first kappa shape index (κ1) is 14.4. The lowest BCUT2D eigenvalue weighted by Gasteiger charge is -2.33. The molecule has 3 unspecified atom stereocenters. The van der Waals surface area contributed by atoms with Gasteiger partial charge in [-0.05, 0) is 18.6 Å². The first-order chi connectivity index (χ1) is 11.6. The third-order valence-electron chi connectivity index (χ3n) is 4.34. The van der Waals surface area contributed by atoms with Crippen LogP contribution in [0.4, 0.5) is 17.2 Å². The molecule has 0 spiro atoms. The van der Waals surface area contributed by atoms with E-state index in [2.05, 4.69) is 20.6 Å². The molecule has 2 aromatic rings. The first-order valence-corrected chi connectivity index (χ1v) is 7.59. The Morgan fingerprint density at radius 2 is 2.08 bits per heavy atom. The number of carbonyl (C=O) groups is 1. The van der Waals surface area contributed by atoms with Crippen LogP contribution in [0.1, 0.15) is 12.5 Å². The van der Waals surface area contributed by atoms with E-state index in [-0.39, 0.29) is 23.5 Å². The van der Waals surface area contributed by atoms with E-state index < -0.39 is 12.0 Å². The number of rotatable bonds is 3. The summed E-state index contributed by atoms with van der Waals surface area (Å²) in [5, 5.41) is 34.8. The Balaban J connectivity index is 1.75. The molecule has 4 rings (SSSR count). The van der Waals surface area contributed by atoms with E-state index >= 15 is 0 Å². The van der Waals surface area contributed by atoms with Gasteiger partial charge in [0.1, 0.15) is 6.04 Å². The van der Waals surface area contributed by atoms with Crippen molar-refractivity contribution in [2.45, 2.75) is 18.5 Å². The van der Waals surface area contributed by atoms with Crippen LogP contribution in [0.15, 0.2) is 52.7 Å². The molecule has 0 fully saturated rings. The summed E-state index contributed by atoms with van der Waals surface area (Å²) in [7, 11) is 0. The van der Waals surface area contributed by atoms with Gasteiger partial charge in [-0.3, -0.25) is 0 Å². The molecule has 122 valence electrons. The number of anilines is 1. The van der Waals surface area contributed by atoms with Gasteiger partial charge in [0.05, 0.1) is 11.7 Å². The standard InChI is InChI=1S/C16H15N5O3/c22-15-13(19-18-9-5-2-1-3-6-9)14-17-12(16(23)24)10-7-4-8-11(10)21(14)20-15/h1-6,8,10-12,17H,7H2,(H,20,22)(H,23,24). The molecule has 0 bridgehead atoms. The first-order valence-electron chi connectivity index (χ1n) is 7.59. The van der Waals surface area contributed by atoms with Crippen LogP contribution >= 0.6 is 0 Å². The number of aliphatic carboxylic acids is 1. The topological polar surface area (TPSA) is 112 Å². The van der Waals surface area contributed by atoms with Crippen LogP contribution < -0.4 is 5.32 Å². The van der Waals surface area contributed by atoms with E-state index in [1.807, 2.05) is 30.4 Å². The zero-order valence-corrected chi connectivity index (χ0v) is 12.6. The zero-order chi connectivity index (χ0) is 16.7. The molecule has 3 N–H and O–H groups in total. The molecule has 8 nitrogen and oxygen atoms in total. The van der Waals surface area contributed by atoms with Crippen molar-refractivity contribution in [3.8, 4) is 5.88 Å². The average molecular weight is 325 g/mol. The number of allylic oxidation sites excluding steroid dienone is 2. The van der Waals surface area contributed by atoms with Gasteiger partial charge < -0.3 is 15.5 Å². The minimum atomic E-state index is -0.938. The SMILES string of the molecule is O=C(O)C1Nc2c(N=Nc3ccccc3)c(O)nn2C2C=CCC12. The Labute approximate surface area is 137 Å². The van der Waals surface area contributed by atoms with Gasteiger partial charge >= 0.3 is 5.97 Å². The summed E-state index contributed by atoms with van der Waals surface area (Å²) >= 11 is 0. The molecule has 0 radical (unpaired) electrons. The molecule has 1 aromatic heterocycles. The number of carboxylic acids is 1. The highest BCUT2D eigenvalue weighted by Gasteiger charge is 2.43. The summed E-state index contributed by atoms with van der Waals surface area (Å²) in [6.07, 6.45) is 4.50. The second-order valence-corrected chi connectivity index (χ2v) is 5.78. The number of hydrogen-bond donors (Lipinski definition) is 3. The number of fused-ring (bicyclic) bond motifs is 3. The molecule has 8 heteroatoms. The van der Waals surface area contributed by atoms with Gasteiger partial charge in [-0.2, -0.15) is 5.11 Å². The maximum absolute atomic E-state index is 11.6. The molecule has 2 heterocycles. The predicted octanol–water partition coefficient (Wildman–Crippen LogP) is 3.00. The number of nitrogens with zero attached hydrogens (tertiary/aromatic N) is 4. The zero-order valence-electron chi connectivity index (χ0n) is 12.6. The Hall–Kier alpha value is -3.16. The maximum Gasteiger partial charge on any atom is 0.326 e. The van der Waals surface area contributed by atoms with Gasteiger partial charge in [-0.25, -0.2) is 9.48 Å². The lowest BCUT2D eigenvalue weighted by molar-refractivity contribution is -0.139.